The van der Waals surface area contributed by atoms with E-state index in [4.69, 9.17) is 9.47 Å². The third kappa shape index (κ3) is 3.83. The lowest BCUT2D eigenvalue weighted by Crippen LogP contribution is -2.45. The van der Waals surface area contributed by atoms with E-state index in [1.54, 1.807) is 17.1 Å². The maximum atomic E-state index is 12.5. The molecule has 0 spiro atoms. The highest BCUT2D eigenvalue weighted by molar-refractivity contribution is 5.75. The third-order valence-corrected chi connectivity index (χ3v) is 3.69. The van der Waals surface area contributed by atoms with E-state index in [0.717, 1.165) is 17.9 Å². The molecule has 1 aliphatic heterocycles. The van der Waals surface area contributed by atoms with Crippen LogP contribution in [0.2, 0.25) is 0 Å². The van der Waals surface area contributed by atoms with Gasteiger partial charge in [-0.25, -0.2) is 0 Å². The summed E-state index contributed by atoms with van der Waals surface area (Å²) < 4.78 is 13.3. The SMILES string of the molecule is CCCN(C[C@@H]1COc2ccccc2O1)C(=O)Cn1cccn1. The van der Waals surface area contributed by atoms with Gasteiger partial charge in [-0.3, -0.25) is 9.48 Å². The fraction of sp³-hybridized carbons (Fsp3) is 0.412. The van der Waals surface area contributed by atoms with Gasteiger partial charge in [0.15, 0.2) is 17.6 Å². The molecule has 0 saturated heterocycles. The standard InChI is InChI=1S/C17H21N3O3/c1-2-9-19(17(21)12-20-10-5-8-18-20)11-14-13-22-15-6-3-4-7-16(15)23-14/h3-8,10,14H,2,9,11-13H2,1H3/t14-/m1/s1. The molecule has 0 fully saturated rings. The van der Waals surface area contributed by atoms with Crippen LogP contribution in [0.25, 0.3) is 0 Å². The number of para-hydroxylation sites is 2. The second-order valence-electron chi connectivity index (χ2n) is 5.54. The lowest BCUT2D eigenvalue weighted by atomic mass is 10.2. The van der Waals surface area contributed by atoms with Gasteiger partial charge in [-0.05, 0) is 24.6 Å². The van der Waals surface area contributed by atoms with Crippen molar-refractivity contribution in [3.05, 3.63) is 42.7 Å². The number of rotatable bonds is 6. The molecule has 1 aliphatic rings. The van der Waals surface area contributed by atoms with Crippen molar-refractivity contribution < 1.29 is 14.3 Å². The lowest BCUT2D eigenvalue weighted by Gasteiger charge is -2.31. The van der Waals surface area contributed by atoms with Gasteiger partial charge in [-0.2, -0.15) is 5.10 Å². The van der Waals surface area contributed by atoms with E-state index in [1.807, 2.05) is 35.2 Å². The zero-order valence-electron chi connectivity index (χ0n) is 13.2. The van der Waals surface area contributed by atoms with E-state index in [1.165, 1.54) is 0 Å². The maximum absolute atomic E-state index is 12.5. The monoisotopic (exact) mass is 315 g/mol. The Hall–Kier alpha value is -2.50. The van der Waals surface area contributed by atoms with Crippen LogP contribution in [0, 0.1) is 0 Å². The van der Waals surface area contributed by atoms with Gasteiger partial charge in [-0.1, -0.05) is 19.1 Å². The molecular formula is C17H21N3O3. The zero-order chi connectivity index (χ0) is 16.1. The van der Waals surface area contributed by atoms with Crippen molar-refractivity contribution >= 4 is 5.91 Å². The van der Waals surface area contributed by atoms with E-state index in [0.29, 0.717) is 19.7 Å². The highest BCUT2D eigenvalue weighted by Crippen LogP contribution is 2.31. The Labute approximate surface area is 135 Å². The molecule has 2 aromatic rings. The van der Waals surface area contributed by atoms with Crippen molar-refractivity contribution in [2.75, 3.05) is 19.7 Å². The molecule has 0 radical (unpaired) electrons. The minimum absolute atomic E-state index is 0.0398. The highest BCUT2D eigenvalue weighted by atomic mass is 16.6. The van der Waals surface area contributed by atoms with Gasteiger partial charge >= 0.3 is 0 Å². The molecule has 1 amide bonds. The van der Waals surface area contributed by atoms with Crippen LogP contribution >= 0.6 is 0 Å². The van der Waals surface area contributed by atoms with Crippen LogP contribution in [0.1, 0.15) is 13.3 Å². The van der Waals surface area contributed by atoms with Crippen LogP contribution in [-0.4, -0.2) is 46.4 Å². The number of hydrogen-bond donors (Lipinski definition) is 0. The molecule has 6 nitrogen and oxygen atoms in total. The first-order chi connectivity index (χ1) is 11.3. The van der Waals surface area contributed by atoms with E-state index in [9.17, 15) is 4.79 Å². The van der Waals surface area contributed by atoms with Gasteiger partial charge < -0.3 is 14.4 Å². The molecule has 0 N–H and O–H groups in total. The average Bonchev–Trinajstić information content (AvgIpc) is 3.07. The number of hydrogen-bond acceptors (Lipinski definition) is 4. The minimum atomic E-state index is -0.155. The van der Waals surface area contributed by atoms with Gasteiger partial charge in [0.05, 0.1) is 6.54 Å². The van der Waals surface area contributed by atoms with E-state index >= 15 is 0 Å². The Morgan fingerprint density at radius 2 is 2.17 bits per heavy atom. The van der Waals surface area contributed by atoms with Crippen molar-refractivity contribution in [1.29, 1.82) is 0 Å². The largest absolute Gasteiger partial charge is 0.486 e. The van der Waals surface area contributed by atoms with Gasteiger partial charge in [-0.15, -0.1) is 0 Å². The van der Waals surface area contributed by atoms with Crippen molar-refractivity contribution in [2.45, 2.75) is 26.0 Å². The topological polar surface area (TPSA) is 56.6 Å². The lowest BCUT2D eigenvalue weighted by molar-refractivity contribution is -0.133. The Morgan fingerprint density at radius 1 is 1.35 bits per heavy atom. The number of aromatic nitrogens is 2. The van der Waals surface area contributed by atoms with E-state index < -0.39 is 0 Å². The zero-order valence-corrected chi connectivity index (χ0v) is 13.2. The fourth-order valence-electron chi connectivity index (χ4n) is 2.62. The molecular weight excluding hydrogens is 294 g/mol. The van der Waals surface area contributed by atoms with Gasteiger partial charge in [0, 0.05) is 18.9 Å². The number of benzene rings is 1. The quantitative estimate of drug-likeness (QED) is 0.818. The molecule has 1 aromatic carbocycles. The molecule has 23 heavy (non-hydrogen) atoms. The molecule has 6 heteroatoms. The fourth-order valence-corrected chi connectivity index (χ4v) is 2.62. The number of ether oxygens (including phenoxy) is 2. The first-order valence-corrected chi connectivity index (χ1v) is 7.90. The molecule has 0 saturated carbocycles. The number of fused-ring (bicyclic) bond motifs is 1. The summed E-state index contributed by atoms with van der Waals surface area (Å²) in [6, 6.07) is 9.42. The first-order valence-electron chi connectivity index (χ1n) is 7.90. The summed E-state index contributed by atoms with van der Waals surface area (Å²) in [5, 5.41) is 4.09. The van der Waals surface area contributed by atoms with E-state index in [-0.39, 0.29) is 18.6 Å². The summed E-state index contributed by atoms with van der Waals surface area (Å²) >= 11 is 0. The van der Waals surface area contributed by atoms with Crippen LogP contribution < -0.4 is 9.47 Å². The Bertz CT molecular complexity index is 642. The summed E-state index contributed by atoms with van der Waals surface area (Å²) in [4.78, 5) is 14.3. The third-order valence-electron chi connectivity index (χ3n) is 3.69. The second-order valence-corrected chi connectivity index (χ2v) is 5.54. The number of carbonyl (C=O) groups excluding carboxylic acids is 1. The van der Waals surface area contributed by atoms with Crippen molar-refractivity contribution in [2.24, 2.45) is 0 Å². The summed E-state index contributed by atoms with van der Waals surface area (Å²) in [7, 11) is 0. The van der Waals surface area contributed by atoms with Gasteiger partial charge in [0.2, 0.25) is 5.91 Å². The number of amides is 1. The van der Waals surface area contributed by atoms with Crippen molar-refractivity contribution in [3.8, 4) is 11.5 Å². The van der Waals surface area contributed by atoms with Crippen molar-refractivity contribution in [3.63, 3.8) is 0 Å². The molecule has 1 atom stereocenters. The summed E-state index contributed by atoms with van der Waals surface area (Å²) in [5.41, 5.74) is 0. The van der Waals surface area contributed by atoms with Crippen LogP contribution in [0.4, 0.5) is 0 Å². The smallest absolute Gasteiger partial charge is 0.244 e. The molecule has 3 rings (SSSR count). The van der Waals surface area contributed by atoms with Crippen LogP contribution in [0.3, 0.4) is 0 Å². The van der Waals surface area contributed by atoms with Crippen LogP contribution in [0.15, 0.2) is 42.7 Å². The molecule has 0 unspecified atom stereocenters. The number of carbonyl (C=O) groups is 1. The van der Waals surface area contributed by atoms with Crippen LogP contribution in [-0.2, 0) is 11.3 Å². The Kier molecular flexibility index (Phi) is 4.80. The minimum Gasteiger partial charge on any atom is -0.486 e. The molecule has 122 valence electrons. The normalized spacial score (nSPS) is 16.1. The van der Waals surface area contributed by atoms with Crippen molar-refractivity contribution in [1.82, 2.24) is 14.7 Å². The second kappa shape index (κ2) is 7.17. The number of nitrogens with zero attached hydrogens (tertiary/aromatic N) is 3. The molecule has 0 bridgehead atoms. The van der Waals surface area contributed by atoms with Gasteiger partial charge in [0.25, 0.3) is 0 Å². The first kappa shape index (κ1) is 15.4. The summed E-state index contributed by atoms with van der Waals surface area (Å²) in [5.74, 6) is 1.53. The average molecular weight is 315 g/mol. The molecule has 1 aromatic heterocycles. The summed E-state index contributed by atoms with van der Waals surface area (Å²) in [6.45, 7) is 3.97. The molecule has 2 heterocycles. The van der Waals surface area contributed by atoms with Gasteiger partial charge in [0.1, 0.15) is 13.2 Å². The summed E-state index contributed by atoms with van der Waals surface area (Å²) in [6.07, 6.45) is 4.21. The van der Waals surface area contributed by atoms with Crippen LogP contribution in [0.5, 0.6) is 11.5 Å². The predicted octanol–water partition coefficient (Wildman–Crippen LogP) is 1.96. The predicted molar refractivity (Wildman–Crippen MR) is 85.5 cm³/mol. The maximum Gasteiger partial charge on any atom is 0.244 e. The van der Waals surface area contributed by atoms with E-state index in [2.05, 4.69) is 12.0 Å². The highest BCUT2D eigenvalue weighted by Gasteiger charge is 2.25. The Balaban J connectivity index is 1.62. The molecule has 0 aliphatic carbocycles. The Morgan fingerprint density at radius 3 is 2.91 bits per heavy atom.